The van der Waals surface area contributed by atoms with Crippen LogP contribution in [0.3, 0.4) is 0 Å². The number of piperidine rings is 1. The van der Waals surface area contributed by atoms with Crippen molar-refractivity contribution in [1.29, 1.82) is 0 Å². The van der Waals surface area contributed by atoms with Crippen LogP contribution in [0.5, 0.6) is 5.75 Å². The molecule has 0 radical (unpaired) electrons. The fourth-order valence-electron chi connectivity index (χ4n) is 4.04. The predicted molar refractivity (Wildman–Crippen MR) is 105 cm³/mol. The maximum Gasteiger partial charge on any atom is 0.345 e. The van der Waals surface area contributed by atoms with Crippen molar-refractivity contribution in [2.75, 3.05) is 18.0 Å². The van der Waals surface area contributed by atoms with Crippen molar-refractivity contribution in [1.82, 2.24) is 4.98 Å². The minimum atomic E-state index is -1.44. The van der Waals surface area contributed by atoms with Crippen LogP contribution in [0.15, 0.2) is 29.1 Å². The molecule has 1 saturated carbocycles. The highest BCUT2D eigenvalue weighted by molar-refractivity contribution is 5.92. The molecule has 1 aromatic heterocycles. The maximum absolute atomic E-state index is 12.1. The number of fused-ring (bicyclic) bond motifs is 1. The number of nitrogens with two attached hydrogens (primary N) is 1. The summed E-state index contributed by atoms with van der Waals surface area (Å²) in [4.78, 5) is 28.2. The smallest absolute Gasteiger partial charge is 0.345 e. The first-order valence-corrected chi connectivity index (χ1v) is 8.74. The summed E-state index contributed by atoms with van der Waals surface area (Å²) in [7, 11) is 0. The van der Waals surface area contributed by atoms with Crippen LogP contribution in [0, 0.1) is 11.8 Å². The number of aromatic hydroxyl groups is 1. The first kappa shape index (κ1) is 19.3. The van der Waals surface area contributed by atoms with E-state index in [2.05, 4.69) is 9.88 Å². The SMILES string of the molecule is CCc1c(-c2ccc(N3C[C@@H]4[C@H](N)[C@@H]4C3)cc2)[nH]c(=O)c(C(=O)O)c1O.Cl. The van der Waals surface area contributed by atoms with Crippen LogP contribution in [-0.2, 0) is 6.42 Å². The molecule has 2 aliphatic rings. The molecule has 1 aromatic carbocycles. The molecule has 1 saturated heterocycles. The van der Waals surface area contributed by atoms with Crippen LogP contribution >= 0.6 is 12.4 Å². The van der Waals surface area contributed by atoms with Crippen molar-refractivity contribution in [2.45, 2.75) is 19.4 Å². The van der Waals surface area contributed by atoms with Gasteiger partial charge in [-0.25, -0.2) is 4.79 Å². The number of rotatable bonds is 4. The van der Waals surface area contributed by atoms with Crippen LogP contribution < -0.4 is 16.2 Å². The van der Waals surface area contributed by atoms with Gasteiger partial charge in [-0.1, -0.05) is 19.1 Å². The normalized spacial score (nSPS) is 22.9. The number of carboxylic acids is 1. The number of pyridine rings is 1. The number of aromatic amines is 1. The van der Waals surface area contributed by atoms with Gasteiger partial charge in [0.1, 0.15) is 5.75 Å². The van der Waals surface area contributed by atoms with E-state index in [1.54, 1.807) is 6.92 Å². The van der Waals surface area contributed by atoms with E-state index in [0.29, 0.717) is 35.6 Å². The molecule has 0 spiro atoms. The second-order valence-corrected chi connectivity index (χ2v) is 7.05. The van der Waals surface area contributed by atoms with Crippen LogP contribution in [0.25, 0.3) is 11.3 Å². The highest BCUT2D eigenvalue weighted by atomic mass is 35.5. The number of nitrogens with one attached hydrogen (secondary N) is 1. The number of carboxylic acid groups (broad SMARTS) is 1. The second kappa shape index (κ2) is 6.90. The molecule has 8 heteroatoms. The van der Waals surface area contributed by atoms with E-state index in [1.165, 1.54) is 0 Å². The van der Waals surface area contributed by atoms with E-state index in [0.717, 1.165) is 24.3 Å². The Morgan fingerprint density at radius 2 is 1.85 bits per heavy atom. The summed E-state index contributed by atoms with van der Waals surface area (Å²) >= 11 is 0. The molecule has 5 N–H and O–H groups in total. The number of hydrogen-bond acceptors (Lipinski definition) is 5. The van der Waals surface area contributed by atoms with Crippen molar-refractivity contribution in [2.24, 2.45) is 17.6 Å². The van der Waals surface area contributed by atoms with Crippen LogP contribution in [0.2, 0.25) is 0 Å². The van der Waals surface area contributed by atoms with Crippen LogP contribution in [0.4, 0.5) is 5.69 Å². The number of halogens is 1. The fraction of sp³-hybridized carbons (Fsp3) is 0.368. The number of carbonyl (C=O) groups is 1. The standard InChI is InChI=1S/C19H21N3O4.ClH/c1-2-11-16(21-18(24)14(17(11)23)19(25)26)9-3-5-10(6-4-9)22-7-12-13(8-22)15(12)20;/h3-6,12-13,15H,2,7-8,20H2,1H3,(H,25,26)(H2,21,23,24);1H/t12-,13+,15-;. The van der Waals surface area contributed by atoms with E-state index < -0.39 is 22.8 Å². The summed E-state index contributed by atoms with van der Waals surface area (Å²) in [6, 6.07) is 8.06. The van der Waals surface area contributed by atoms with Crippen molar-refractivity contribution < 1.29 is 15.0 Å². The largest absolute Gasteiger partial charge is 0.506 e. The third kappa shape index (κ3) is 3.07. The van der Waals surface area contributed by atoms with Crippen molar-refractivity contribution >= 4 is 24.1 Å². The van der Waals surface area contributed by atoms with Crippen LogP contribution in [-0.4, -0.2) is 40.3 Å². The number of aromatic nitrogens is 1. The average Bonchev–Trinajstić information content (AvgIpc) is 3.03. The Bertz CT molecular complexity index is 929. The number of nitrogens with zero attached hydrogens (tertiary/aromatic N) is 1. The molecule has 0 bridgehead atoms. The number of benzene rings is 1. The second-order valence-electron chi connectivity index (χ2n) is 7.05. The van der Waals surface area contributed by atoms with E-state index in [9.17, 15) is 14.7 Å². The summed E-state index contributed by atoms with van der Waals surface area (Å²) in [5.74, 6) is -0.709. The Morgan fingerprint density at radius 1 is 1.26 bits per heavy atom. The minimum Gasteiger partial charge on any atom is -0.506 e. The first-order valence-electron chi connectivity index (χ1n) is 8.74. The zero-order chi connectivity index (χ0) is 18.6. The number of aromatic carboxylic acids is 1. The van der Waals surface area contributed by atoms with E-state index in [4.69, 9.17) is 10.8 Å². The molecule has 1 aliphatic heterocycles. The molecule has 0 amide bonds. The summed E-state index contributed by atoms with van der Waals surface area (Å²) in [6.07, 6.45) is 0.396. The fourth-order valence-corrected chi connectivity index (χ4v) is 4.04. The van der Waals surface area contributed by atoms with Gasteiger partial charge in [0.2, 0.25) is 0 Å². The van der Waals surface area contributed by atoms with Gasteiger partial charge < -0.3 is 25.8 Å². The molecular weight excluding hydrogens is 370 g/mol. The van der Waals surface area contributed by atoms with Gasteiger partial charge in [-0.3, -0.25) is 4.79 Å². The molecule has 7 nitrogen and oxygen atoms in total. The monoisotopic (exact) mass is 391 g/mol. The summed E-state index contributed by atoms with van der Waals surface area (Å²) in [6.45, 7) is 3.74. The van der Waals surface area contributed by atoms with Gasteiger partial charge in [0.25, 0.3) is 5.56 Å². The number of hydrogen-bond donors (Lipinski definition) is 4. The third-order valence-electron chi connectivity index (χ3n) is 5.64. The molecule has 2 fully saturated rings. The lowest BCUT2D eigenvalue weighted by Crippen LogP contribution is -2.27. The van der Waals surface area contributed by atoms with Crippen molar-refractivity contribution in [3.05, 3.63) is 45.7 Å². The highest BCUT2D eigenvalue weighted by Gasteiger charge is 2.53. The van der Waals surface area contributed by atoms with Crippen molar-refractivity contribution in [3.8, 4) is 17.0 Å². The average molecular weight is 392 g/mol. The first-order chi connectivity index (χ1) is 12.4. The number of H-pyrrole nitrogens is 1. The van der Waals surface area contributed by atoms with Crippen molar-refractivity contribution in [3.63, 3.8) is 0 Å². The van der Waals surface area contributed by atoms with Gasteiger partial charge in [-0.05, 0) is 36.0 Å². The molecular formula is C19H22ClN3O4. The van der Waals surface area contributed by atoms with E-state index in [1.807, 2.05) is 24.3 Å². The molecule has 27 heavy (non-hydrogen) atoms. The molecule has 2 heterocycles. The van der Waals surface area contributed by atoms with Gasteiger partial charge in [0, 0.05) is 30.4 Å². The van der Waals surface area contributed by atoms with Gasteiger partial charge in [-0.15, -0.1) is 12.4 Å². The van der Waals surface area contributed by atoms with Gasteiger partial charge in [0.15, 0.2) is 5.56 Å². The molecule has 144 valence electrons. The van der Waals surface area contributed by atoms with E-state index in [-0.39, 0.29) is 12.4 Å². The Labute approximate surface area is 162 Å². The molecule has 0 unspecified atom stereocenters. The number of anilines is 1. The summed E-state index contributed by atoms with van der Waals surface area (Å²) < 4.78 is 0. The van der Waals surface area contributed by atoms with Gasteiger partial charge in [0.05, 0.1) is 5.69 Å². The minimum absolute atomic E-state index is 0. The highest BCUT2D eigenvalue weighted by Crippen LogP contribution is 2.45. The Morgan fingerprint density at radius 3 is 2.37 bits per heavy atom. The molecule has 3 atom stereocenters. The van der Waals surface area contributed by atoms with E-state index >= 15 is 0 Å². The topological polar surface area (TPSA) is 120 Å². The summed E-state index contributed by atoms with van der Waals surface area (Å²) in [5.41, 5.74) is 7.26. The molecule has 4 rings (SSSR count). The lowest BCUT2D eigenvalue weighted by molar-refractivity contribution is 0.0691. The Hall–Kier alpha value is -2.51. The van der Waals surface area contributed by atoms with Gasteiger partial charge in [-0.2, -0.15) is 0 Å². The molecule has 2 aromatic rings. The lowest BCUT2D eigenvalue weighted by atomic mass is 10.0. The Kier molecular flexibility index (Phi) is 4.92. The maximum atomic E-state index is 12.1. The van der Waals surface area contributed by atoms with Crippen LogP contribution in [0.1, 0.15) is 22.8 Å². The Balaban J connectivity index is 0.00000210. The third-order valence-corrected chi connectivity index (χ3v) is 5.64. The zero-order valence-electron chi connectivity index (χ0n) is 14.8. The summed E-state index contributed by atoms with van der Waals surface area (Å²) in [5, 5.41) is 19.4. The lowest BCUT2D eigenvalue weighted by Gasteiger charge is -2.21. The molecule has 1 aliphatic carbocycles. The van der Waals surface area contributed by atoms with Gasteiger partial charge >= 0.3 is 5.97 Å². The quantitative estimate of drug-likeness (QED) is 0.631. The predicted octanol–water partition coefficient (Wildman–Crippen LogP) is 1.82. The zero-order valence-corrected chi connectivity index (χ0v) is 15.6.